The minimum Gasteiger partial charge on any atom is -0.392 e. The number of hydrogen-bond acceptors (Lipinski definition) is 7. The lowest BCUT2D eigenvalue weighted by Crippen LogP contribution is -2.76. The van der Waals surface area contributed by atoms with E-state index in [1.165, 1.54) is 29.0 Å². The van der Waals surface area contributed by atoms with Crippen LogP contribution in [0.3, 0.4) is 0 Å². The van der Waals surface area contributed by atoms with Crippen LogP contribution in [-0.4, -0.2) is 62.8 Å². The van der Waals surface area contributed by atoms with Gasteiger partial charge in [0.15, 0.2) is 4.87 Å². The van der Waals surface area contributed by atoms with Crippen molar-refractivity contribution >= 4 is 47.6 Å². The van der Waals surface area contributed by atoms with Crippen LogP contribution in [0.1, 0.15) is 5.56 Å². The maximum absolute atomic E-state index is 13.3. The van der Waals surface area contributed by atoms with Gasteiger partial charge in [-0.25, -0.2) is 0 Å². The Labute approximate surface area is 153 Å². The van der Waals surface area contributed by atoms with Crippen LogP contribution >= 0.6 is 24.4 Å². The number of hydrogen-bond donors (Lipinski definition) is 2. The molecular formula is C15H17N3O5S2. The van der Waals surface area contributed by atoms with Gasteiger partial charge in [-0.1, -0.05) is 6.07 Å². The van der Waals surface area contributed by atoms with E-state index in [1.54, 1.807) is 12.3 Å². The molecule has 2 aliphatic heterocycles. The van der Waals surface area contributed by atoms with Crippen molar-refractivity contribution in [1.82, 2.24) is 4.90 Å². The predicted octanol–water partition coefficient (Wildman–Crippen LogP) is 0.676. The molecule has 0 aliphatic carbocycles. The third-order valence-corrected chi connectivity index (χ3v) is 6.80. The summed E-state index contributed by atoms with van der Waals surface area (Å²) in [7, 11) is 1.49. The molecule has 1 aromatic rings. The van der Waals surface area contributed by atoms with Crippen molar-refractivity contribution in [3.63, 3.8) is 0 Å². The summed E-state index contributed by atoms with van der Waals surface area (Å²) < 4.78 is 0. The molecule has 1 saturated heterocycles. The van der Waals surface area contributed by atoms with Crippen LogP contribution < -0.4 is 4.90 Å². The normalized spacial score (nSPS) is 28.2. The third kappa shape index (κ3) is 2.14. The number of fused-ring (bicyclic) bond motifs is 3. The Balaban J connectivity index is 2.25. The minimum atomic E-state index is -1.46. The quantitative estimate of drug-likeness (QED) is 0.450. The first-order chi connectivity index (χ1) is 11.8. The number of nitrogens with zero attached hydrogens (tertiary/aromatic N) is 3. The summed E-state index contributed by atoms with van der Waals surface area (Å²) in [5.41, 5.74) is -0.390. The molecule has 2 aliphatic rings. The van der Waals surface area contributed by atoms with Crippen LogP contribution in [0, 0.1) is 10.1 Å². The maximum atomic E-state index is 13.3. The van der Waals surface area contributed by atoms with Gasteiger partial charge in [0.25, 0.3) is 17.5 Å². The van der Waals surface area contributed by atoms with Crippen molar-refractivity contribution in [3.8, 4) is 0 Å². The van der Waals surface area contributed by atoms with Crippen LogP contribution in [0.2, 0.25) is 0 Å². The number of aliphatic hydroxyl groups excluding tert-OH is 1. The van der Waals surface area contributed by atoms with Crippen molar-refractivity contribution < 1.29 is 19.6 Å². The van der Waals surface area contributed by atoms with Gasteiger partial charge in [-0.15, -0.1) is 11.8 Å². The van der Waals surface area contributed by atoms with Crippen LogP contribution in [0.4, 0.5) is 11.4 Å². The first-order valence-electron chi connectivity index (χ1n) is 7.46. The molecule has 134 valence electrons. The second kappa shape index (κ2) is 5.89. The van der Waals surface area contributed by atoms with E-state index >= 15 is 0 Å². The zero-order valence-corrected chi connectivity index (χ0v) is 15.3. The molecule has 0 saturated carbocycles. The number of nitro benzene ring substituents is 1. The molecular weight excluding hydrogens is 366 g/mol. The molecule has 3 rings (SSSR count). The van der Waals surface area contributed by atoms with E-state index in [9.17, 15) is 24.8 Å². The third-order valence-electron chi connectivity index (χ3n) is 5.03. The van der Waals surface area contributed by atoms with E-state index in [0.29, 0.717) is 11.3 Å². The lowest BCUT2D eigenvalue weighted by Gasteiger charge is -2.52. The molecule has 0 bridgehead atoms. The summed E-state index contributed by atoms with van der Waals surface area (Å²) in [6, 6.07) is 4.23. The molecule has 8 nitrogen and oxygen atoms in total. The number of anilines is 1. The number of piperazine rings is 1. The number of carbonyl (C=O) groups is 2. The van der Waals surface area contributed by atoms with E-state index in [0.717, 1.165) is 11.8 Å². The molecule has 0 radical (unpaired) electrons. The number of thioether (sulfide) groups is 1. The fraction of sp³-hybridized carbons (Fsp3) is 0.467. The summed E-state index contributed by atoms with van der Waals surface area (Å²) in [4.78, 5) is 38.1. The second-order valence-corrected chi connectivity index (χ2v) is 7.49. The smallest absolute Gasteiger partial charge is 0.271 e. The van der Waals surface area contributed by atoms with Gasteiger partial charge in [-0.2, -0.15) is 12.6 Å². The van der Waals surface area contributed by atoms with Crippen LogP contribution in [-0.2, 0) is 16.0 Å². The van der Waals surface area contributed by atoms with Gasteiger partial charge < -0.3 is 10.0 Å². The number of carbonyl (C=O) groups excluding carboxylic acids is 2. The highest BCUT2D eigenvalue weighted by Gasteiger charge is 2.64. The van der Waals surface area contributed by atoms with Gasteiger partial charge in [0.1, 0.15) is 5.54 Å². The van der Waals surface area contributed by atoms with Gasteiger partial charge in [-0.3, -0.25) is 24.6 Å². The topological polar surface area (TPSA) is 104 Å². The van der Waals surface area contributed by atoms with Gasteiger partial charge >= 0.3 is 0 Å². The first kappa shape index (κ1) is 18.0. The van der Waals surface area contributed by atoms with Gasteiger partial charge in [0.05, 0.1) is 17.2 Å². The van der Waals surface area contributed by atoms with Crippen molar-refractivity contribution in [2.75, 3.05) is 30.6 Å². The highest BCUT2D eigenvalue weighted by molar-refractivity contribution is 8.00. The van der Waals surface area contributed by atoms with E-state index in [-0.39, 0.29) is 23.8 Å². The van der Waals surface area contributed by atoms with E-state index in [4.69, 9.17) is 0 Å². The fourth-order valence-electron chi connectivity index (χ4n) is 3.57. The molecule has 1 fully saturated rings. The number of benzene rings is 1. The standard InChI is InChI=1S/C15H17N3O5S2/c1-16-12(20)14(8-24)6-9-3-4-10(18(22)23)5-11(9)17(14)13(21)15(16,7-19)25-2/h3-5,19,24H,6-8H2,1-2H3. The summed E-state index contributed by atoms with van der Waals surface area (Å²) in [6.07, 6.45) is 1.87. The van der Waals surface area contributed by atoms with Gasteiger partial charge in [0.2, 0.25) is 0 Å². The van der Waals surface area contributed by atoms with E-state index in [2.05, 4.69) is 12.6 Å². The lowest BCUT2D eigenvalue weighted by molar-refractivity contribution is -0.384. The average Bonchev–Trinajstić information content (AvgIpc) is 2.96. The molecule has 2 unspecified atom stereocenters. The number of rotatable bonds is 4. The summed E-state index contributed by atoms with van der Waals surface area (Å²) in [5, 5.41) is 21.0. The molecule has 2 atom stereocenters. The molecule has 1 aromatic carbocycles. The largest absolute Gasteiger partial charge is 0.392 e. The van der Waals surface area contributed by atoms with Crippen molar-refractivity contribution in [3.05, 3.63) is 33.9 Å². The molecule has 25 heavy (non-hydrogen) atoms. The maximum Gasteiger partial charge on any atom is 0.271 e. The predicted molar refractivity (Wildman–Crippen MR) is 97.0 cm³/mol. The average molecular weight is 383 g/mol. The number of non-ortho nitro benzene ring substituents is 1. The minimum absolute atomic E-state index is 0.0697. The van der Waals surface area contributed by atoms with Crippen molar-refractivity contribution in [1.29, 1.82) is 0 Å². The highest BCUT2D eigenvalue weighted by Crippen LogP contribution is 2.49. The Morgan fingerprint density at radius 3 is 2.60 bits per heavy atom. The fourth-order valence-corrected chi connectivity index (χ4v) is 4.71. The van der Waals surface area contributed by atoms with E-state index in [1.807, 2.05) is 0 Å². The molecule has 2 heterocycles. The summed E-state index contributed by atoms with van der Waals surface area (Å²) in [5.74, 6) is -0.748. The molecule has 1 N–H and O–H groups in total. The van der Waals surface area contributed by atoms with Crippen LogP contribution in [0.15, 0.2) is 18.2 Å². The Morgan fingerprint density at radius 1 is 1.40 bits per heavy atom. The van der Waals surface area contributed by atoms with Gasteiger partial charge in [0, 0.05) is 31.4 Å². The molecule has 10 heteroatoms. The number of aliphatic hydroxyl groups is 1. The van der Waals surface area contributed by atoms with Crippen LogP contribution in [0.25, 0.3) is 0 Å². The Hall–Kier alpha value is -1.78. The van der Waals surface area contributed by atoms with Crippen molar-refractivity contribution in [2.24, 2.45) is 0 Å². The number of amides is 2. The number of thiol groups is 1. The lowest BCUT2D eigenvalue weighted by atomic mass is 9.90. The molecule has 0 spiro atoms. The summed E-state index contributed by atoms with van der Waals surface area (Å²) in [6.45, 7) is -0.557. The number of likely N-dealkylation sites (N-methyl/N-ethyl adjacent to an activating group) is 1. The van der Waals surface area contributed by atoms with Crippen molar-refractivity contribution in [2.45, 2.75) is 16.8 Å². The van der Waals surface area contributed by atoms with E-state index < -0.39 is 27.8 Å². The molecule has 2 amide bonds. The Morgan fingerprint density at radius 2 is 2.08 bits per heavy atom. The summed E-state index contributed by atoms with van der Waals surface area (Å²) >= 11 is 5.37. The Kier molecular flexibility index (Phi) is 4.25. The van der Waals surface area contributed by atoms with Gasteiger partial charge in [-0.05, 0) is 11.8 Å². The molecule has 0 aromatic heterocycles. The zero-order valence-electron chi connectivity index (χ0n) is 13.6. The van der Waals surface area contributed by atoms with Crippen LogP contribution in [0.5, 0.6) is 0 Å². The zero-order chi connectivity index (χ0) is 18.6. The Bertz CT molecular complexity index is 782. The second-order valence-electron chi connectivity index (χ2n) is 6.09. The SMILES string of the molecule is CSC1(CO)C(=O)N2c3cc([N+](=O)[O-])ccc3CC2(CS)C(=O)N1C. The first-order valence-corrected chi connectivity index (χ1v) is 9.32. The number of nitro groups is 1. The monoisotopic (exact) mass is 383 g/mol. The highest BCUT2D eigenvalue weighted by atomic mass is 32.2.